The smallest absolute Gasteiger partial charge is 0.322 e. The Balaban J connectivity index is 1.69. The van der Waals surface area contributed by atoms with Gasteiger partial charge in [-0.1, -0.05) is 23.7 Å². The summed E-state index contributed by atoms with van der Waals surface area (Å²) in [7, 11) is 0. The van der Waals surface area contributed by atoms with E-state index in [1.54, 1.807) is 41.2 Å². The van der Waals surface area contributed by atoms with E-state index in [1.807, 2.05) is 19.1 Å². The molecule has 5 rings (SSSR count). The Kier molecular flexibility index (Phi) is 6.95. The first-order chi connectivity index (χ1) is 18.0. The summed E-state index contributed by atoms with van der Waals surface area (Å²) in [6.45, 7) is 1.54. The number of aryl methyl sites for hydroxylation is 2. The first kappa shape index (κ1) is 24.6. The topological polar surface area (TPSA) is 145 Å². The molecule has 5 aromatic rings. The quantitative estimate of drug-likeness (QED) is 0.258. The Labute approximate surface area is 217 Å². The van der Waals surface area contributed by atoms with Gasteiger partial charge in [-0.2, -0.15) is 0 Å². The number of aliphatic hydroxyl groups excluding tert-OH is 2. The highest BCUT2D eigenvalue weighted by atomic mass is 35.5. The molecule has 0 aliphatic carbocycles. The number of hydrogen-bond donors (Lipinski definition) is 3. The van der Waals surface area contributed by atoms with Crippen LogP contribution in [0.25, 0.3) is 33.4 Å². The zero-order chi connectivity index (χ0) is 25.9. The Morgan fingerprint density at radius 2 is 1.86 bits per heavy atom. The molecule has 4 aromatic heterocycles. The van der Waals surface area contributed by atoms with Gasteiger partial charge in [0, 0.05) is 35.8 Å². The van der Waals surface area contributed by atoms with Crippen LogP contribution in [0.2, 0.25) is 5.15 Å². The lowest BCUT2D eigenvalue weighted by molar-refractivity contribution is 0.216. The summed E-state index contributed by atoms with van der Waals surface area (Å²) in [5.41, 5.74) is 11.4. The molecule has 37 heavy (non-hydrogen) atoms. The first-order valence-electron chi connectivity index (χ1n) is 11.6. The number of hydrogen-bond acceptors (Lipinski definition) is 9. The molecule has 10 nitrogen and oxygen atoms in total. The van der Waals surface area contributed by atoms with Gasteiger partial charge in [0.15, 0.2) is 0 Å². The number of aliphatic hydroxyl groups is 2. The van der Waals surface area contributed by atoms with Gasteiger partial charge < -0.3 is 25.3 Å². The van der Waals surface area contributed by atoms with Crippen LogP contribution < -0.4 is 10.5 Å². The maximum atomic E-state index is 10.4. The largest absolute Gasteiger partial charge is 0.424 e. The van der Waals surface area contributed by atoms with E-state index >= 15 is 0 Å². The molecule has 0 fully saturated rings. The SMILES string of the molecule is Cc1ccnc(Oc2ccc(-c3c(-c4cnc(Cl)cc4CCCO)n(CO)c4ncnc(N)c34)cc2)n1. The summed E-state index contributed by atoms with van der Waals surface area (Å²) in [5.74, 6) is 0.837. The number of halogens is 1. The number of anilines is 1. The number of nitrogens with zero attached hydrogens (tertiary/aromatic N) is 6. The van der Waals surface area contributed by atoms with Crippen LogP contribution in [0.4, 0.5) is 5.82 Å². The van der Waals surface area contributed by atoms with E-state index in [1.165, 1.54) is 6.33 Å². The Hall–Kier alpha value is -4.12. The maximum Gasteiger partial charge on any atom is 0.322 e. The van der Waals surface area contributed by atoms with Crippen LogP contribution in [-0.2, 0) is 13.2 Å². The third-order valence-electron chi connectivity index (χ3n) is 5.95. The van der Waals surface area contributed by atoms with Crippen molar-refractivity contribution in [3.8, 4) is 34.1 Å². The number of nitrogens with two attached hydrogens (primary N) is 1. The van der Waals surface area contributed by atoms with Gasteiger partial charge in [-0.25, -0.2) is 24.9 Å². The Bertz CT molecular complexity index is 1570. The standard InChI is InChI=1S/C26H24ClN7O3/c1-15-8-9-29-26(33-15)37-18-6-4-16(5-7-18)21-22-24(28)31-13-32-25(22)34(14-36)23(21)19-12-30-20(27)11-17(19)3-2-10-35/h4-9,11-13,35-36H,2-3,10,14H2,1H3,(H2,28,31,32). The lowest BCUT2D eigenvalue weighted by atomic mass is 9.95. The van der Waals surface area contributed by atoms with Gasteiger partial charge in [-0.3, -0.25) is 0 Å². The molecular weight excluding hydrogens is 494 g/mol. The van der Waals surface area contributed by atoms with E-state index in [-0.39, 0.29) is 25.2 Å². The highest BCUT2D eigenvalue weighted by Crippen LogP contribution is 2.43. The van der Waals surface area contributed by atoms with Gasteiger partial charge in [-0.15, -0.1) is 0 Å². The number of nitrogen functional groups attached to an aromatic ring is 1. The van der Waals surface area contributed by atoms with Crippen LogP contribution in [0, 0.1) is 6.92 Å². The Morgan fingerprint density at radius 1 is 1.05 bits per heavy atom. The van der Waals surface area contributed by atoms with E-state index in [0.29, 0.717) is 40.5 Å². The fraction of sp³-hybridized carbons (Fsp3) is 0.192. The number of rotatable bonds is 8. The summed E-state index contributed by atoms with van der Waals surface area (Å²) in [5, 5.41) is 20.8. The molecule has 0 unspecified atom stereocenters. The van der Waals surface area contributed by atoms with Crippen LogP contribution in [0.1, 0.15) is 17.7 Å². The van der Waals surface area contributed by atoms with Crippen molar-refractivity contribution in [2.24, 2.45) is 0 Å². The molecule has 0 saturated carbocycles. The zero-order valence-corrected chi connectivity index (χ0v) is 20.7. The van der Waals surface area contributed by atoms with E-state index in [4.69, 9.17) is 22.1 Å². The average Bonchev–Trinajstić information content (AvgIpc) is 3.23. The predicted molar refractivity (Wildman–Crippen MR) is 140 cm³/mol. The van der Waals surface area contributed by atoms with Gasteiger partial charge in [-0.05, 0) is 55.2 Å². The summed E-state index contributed by atoms with van der Waals surface area (Å²) in [4.78, 5) is 21.3. The molecule has 0 saturated heterocycles. The molecule has 1 aromatic carbocycles. The minimum atomic E-state index is -0.351. The third kappa shape index (κ3) is 4.82. The third-order valence-corrected chi connectivity index (χ3v) is 6.16. The zero-order valence-electron chi connectivity index (χ0n) is 20.0. The summed E-state index contributed by atoms with van der Waals surface area (Å²) < 4.78 is 7.48. The van der Waals surface area contributed by atoms with Crippen molar-refractivity contribution >= 4 is 28.5 Å². The molecule has 0 amide bonds. The second-order valence-corrected chi connectivity index (χ2v) is 8.74. The van der Waals surface area contributed by atoms with E-state index in [0.717, 1.165) is 27.9 Å². The lowest BCUT2D eigenvalue weighted by Crippen LogP contribution is -2.04. The van der Waals surface area contributed by atoms with Crippen LogP contribution in [0.15, 0.2) is 55.1 Å². The van der Waals surface area contributed by atoms with Crippen molar-refractivity contribution in [1.29, 1.82) is 0 Å². The molecule has 0 radical (unpaired) electrons. The fourth-order valence-corrected chi connectivity index (χ4v) is 4.50. The lowest BCUT2D eigenvalue weighted by Gasteiger charge is -2.15. The Morgan fingerprint density at radius 3 is 2.59 bits per heavy atom. The number of fused-ring (bicyclic) bond motifs is 1. The van der Waals surface area contributed by atoms with Crippen LogP contribution in [0.3, 0.4) is 0 Å². The summed E-state index contributed by atoms with van der Waals surface area (Å²) in [6.07, 6.45) is 5.76. The summed E-state index contributed by atoms with van der Waals surface area (Å²) in [6, 6.07) is 11.2. The molecule has 0 spiro atoms. The number of ether oxygens (including phenoxy) is 1. The average molecular weight is 518 g/mol. The van der Waals surface area contributed by atoms with E-state index < -0.39 is 0 Å². The second kappa shape index (κ2) is 10.5. The predicted octanol–water partition coefficient (Wildman–Crippen LogP) is 4.16. The first-order valence-corrected chi connectivity index (χ1v) is 11.9. The van der Waals surface area contributed by atoms with Gasteiger partial charge in [0.1, 0.15) is 35.4 Å². The monoisotopic (exact) mass is 517 g/mol. The van der Waals surface area contributed by atoms with Gasteiger partial charge in [0.2, 0.25) is 0 Å². The highest BCUT2D eigenvalue weighted by Gasteiger charge is 2.25. The molecule has 11 heteroatoms. The normalized spacial score (nSPS) is 11.2. The second-order valence-electron chi connectivity index (χ2n) is 8.35. The highest BCUT2D eigenvalue weighted by molar-refractivity contribution is 6.29. The van der Waals surface area contributed by atoms with Crippen LogP contribution in [0.5, 0.6) is 11.8 Å². The minimum absolute atomic E-state index is 0.0275. The molecular formula is C26H24ClN7O3. The van der Waals surface area contributed by atoms with Crippen LogP contribution >= 0.6 is 11.6 Å². The minimum Gasteiger partial charge on any atom is -0.424 e. The molecule has 0 aliphatic rings. The fourth-order valence-electron chi connectivity index (χ4n) is 4.32. The van der Waals surface area contributed by atoms with Gasteiger partial charge in [0.05, 0.1) is 11.1 Å². The molecule has 0 bridgehead atoms. The van der Waals surface area contributed by atoms with Crippen LogP contribution in [-0.4, -0.2) is 46.3 Å². The number of aromatic nitrogens is 6. The molecule has 4 heterocycles. The molecule has 0 atom stereocenters. The number of pyridine rings is 1. The number of benzene rings is 1. The molecule has 0 aliphatic heterocycles. The van der Waals surface area contributed by atoms with Crippen molar-refractivity contribution in [2.45, 2.75) is 26.5 Å². The van der Waals surface area contributed by atoms with Crippen molar-refractivity contribution < 1.29 is 14.9 Å². The van der Waals surface area contributed by atoms with Gasteiger partial charge >= 0.3 is 6.01 Å². The van der Waals surface area contributed by atoms with Crippen molar-refractivity contribution in [3.05, 3.63) is 71.5 Å². The van der Waals surface area contributed by atoms with E-state index in [9.17, 15) is 10.2 Å². The molecule has 188 valence electrons. The van der Waals surface area contributed by atoms with Crippen molar-refractivity contribution in [2.75, 3.05) is 12.3 Å². The summed E-state index contributed by atoms with van der Waals surface area (Å²) >= 11 is 6.21. The van der Waals surface area contributed by atoms with Crippen molar-refractivity contribution in [1.82, 2.24) is 29.5 Å². The van der Waals surface area contributed by atoms with Gasteiger partial charge in [0.25, 0.3) is 0 Å². The van der Waals surface area contributed by atoms with E-state index in [2.05, 4.69) is 24.9 Å². The maximum absolute atomic E-state index is 10.4. The van der Waals surface area contributed by atoms with Crippen molar-refractivity contribution in [3.63, 3.8) is 0 Å². The molecule has 4 N–H and O–H groups in total.